The smallest absolute Gasteiger partial charge is 0.198 e. The first-order valence-electron chi connectivity index (χ1n) is 9.57. The zero-order valence-corrected chi connectivity index (χ0v) is 17.0. The van der Waals surface area contributed by atoms with Gasteiger partial charge in [0.25, 0.3) is 0 Å². The molecular weight excluding hydrogens is 374 g/mol. The Morgan fingerprint density at radius 1 is 1.04 bits per heavy atom. The number of ether oxygens (including phenoxy) is 1. The monoisotopic (exact) mass is 401 g/mol. The molecule has 1 N–H and O–H groups in total. The highest BCUT2D eigenvalue weighted by Gasteiger charge is 2.15. The summed E-state index contributed by atoms with van der Waals surface area (Å²) in [7, 11) is -3.19. The maximum Gasteiger partial charge on any atom is 0.198 e. The van der Waals surface area contributed by atoms with Crippen molar-refractivity contribution in [2.45, 2.75) is 24.2 Å². The average molecular weight is 402 g/mol. The number of benzene rings is 2. The van der Waals surface area contributed by atoms with Gasteiger partial charge in [0, 0.05) is 25.0 Å². The van der Waals surface area contributed by atoms with Crippen LogP contribution in [0.1, 0.15) is 19.3 Å². The average Bonchev–Trinajstić information content (AvgIpc) is 2.71. The van der Waals surface area contributed by atoms with Crippen molar-refractivity contribution in [3.8, 4) is 5.75 Å². The zero-order chi connectivity index (χ0) is 19.8. The van der Waals surface area contributed by atoms with Gasteiger partial charge in [-0.1, -0.05) is 18.2 Å². The first-order valence-corrected chi connectivity index (χ1v) is 11.5. The summed E-state index contributed by atoms with van der Waals surface area (Å²) >= 11 is 0. The van der Waals surface area contributed by atoms with Crippen LogP contribution in [-0.2, 0) is 9.84 Å². The van der Waals surface area contributed by atoms with E-state index >= 15 is 0 Å². The van der Waals surface area contributed by atoms with E-state index in [1.165, 1.54) is 25.5 Å². The Morgan fingerprint density at radius 3 is 2.36 bits per heavy atom. The molecule has 6 nitrogen and oxygen atoms in total. The second kappa shape index (κ2) is 9.59. The van der Waals surface area contributed by atoms with Gasteiger partial charge in [0.1, 0.15) is 12.4 Å². The topological polar surface area (TPSA) is 71.0 Å². The fraction of sp³-hybridized carbons (Fsp3) is 0.381. The number of aliphatic imine (C=N–C) groups is 1. The van der Waals surface area contributed by atoms with Gasteiger partial charge >= 0.3 is 0 Å². The van der Waals surface area contributed by atoms with Gasteiger partial charge in [-0.3, -0.25) is 0 Å². The van der Waals surface area contributed by atoms with Gasteiger partial charge in [0.15, 0.2) is 15.8 Å². The van der Waals surface area contributed by atoms with Gasteiger partial charge in [-0.25, -0.2) is 13.4 Å². The summed E-state index contributed by atoms with van der Waals surface area (Å²) in [6.45, 7) is 2.95. The number of sulfone groups is 1. The molecule has 0 radical (unpaired) electrons. The minimum atomic E-state index is -3.19. The molecular formula is C21H27N3O3S. The largest absolute Gasteiger partial charge is 0.492 e. The van der Waals surface area contributed by atoms with Crippen LogP contribution in [0.4, 0.5) is 5.69 Å². The van der Waals surface area contributed by atoms with E-state index in [0.29, 0.717) is 18.9 Å². The number of hydrogen-bond acceptors (Lipinski definition) is 4. The molecule has 7 heteroatoms. The second-order valence-corrected chi connectivity index (χ2v) is 8.85. The summed E-state index contributed by atoms with van der Waals surface area (Å²) in [5.41, 5.74) is 1.02. The van der Waals surface area contributed by atoms with Crippen LogP contribution in [0.25, 0.3) is 0 Å². The minimum absolute atomic E-state index is 0.289. The Hall–Kier alpha value is -2.54. The Labute approximate surface area is 167 Å². The summed E-state index contributed by atoms with van der Waals surface area (Å²) in [6.07, 6.45) is 4.82. The molecule has 1 heterocycles. The third kappa shape index (κ3) is 5.99. The van der Waals surface area contributed by atoms with Crippen LogP contribution in [0, 0.1) is 0 Å². The third-order valence-electron chi connectivity index (χ3n) is 4.56. The van der Waals surface area contributed by atoms with Crippen molar-refractivity contribution in [3.05, 3.63) is 54.6 Å². The van der Waals surface area contributed by atoms with Crippen molar-refractivity contribution in [2.75, 3.05) is 37.8 Å². The van der Waals surface area contributed by atoms with Crippen molar-refractivity contribution in [3.63, 3.8) is 0 Å². The quantitative estimate of drug-likeness (QED) is 0.456. The van der Waals surface area contributed by atoms with Gasteiger partial charge in [-0.2, -0.15) is 0 Å². The molecule has 1 saturated heterocycles. The van der Waals surface area contributed by atoms with Crippen LogP contribution < -0.4 is 10.1 Å². The number of hydrogen-bond donors (Lipinski definition) is 1. The van der Waals surface area contributed by atoms with E-state index in [-0.39, 0.29) is 4.90 Å². The first-order chi connectivity index (χ1) is 13.5. The van der Waals surface area contributed by atoms with Crippen molar-refractivity contribution < 1.29 is 13.2 Å². The summed E-state index contributed by atoms with van der Waals surface area (Å²) in [6, 6.07) is 16.5. The molecule has 150 valence electrons. The van der Waals surface area contributed by atoms with Crippen molar-refractivity contribution in [1.82, 2.24) is 4.90 Å². The van der Waals surface area contributed by atoms with Crippen molar-refractivity contribution in [2.24, 2.45) is 4.99 Å². The second-order valence-electron chi connectivity index (χ2n) is 6.84. The van der Waals surface area contributed by atoms with E-state index in [4.69, 9.17) is 9.73 Å². The molecule has 2 aromatic rings. The predicted molar refractivity (Wildman–Crippen MR) is 113 cm³/mol. The minimum Gasteiger partial charge on any atom is -0.492 e. The van der Waals surface area contributed by atoms with E-state index in [1.54, 1.807) is 24.3 Å². The number of guanidine groups is 1. The van der Waals surface area contributed by atoms with Crippen LogP contribution in [-0.4, -0.2) is 51.8 Å². The van der Waals surface area contributed by atoms with Crippen molar-refractivity contribution >= 4 is 21.5 Å². The fourth-order valence-corrected chi connectivity index (χ4v) is 3.70. The Kier molecular flexibility index (Phi) is 6.92. The molecule has 0 bridgehead atoms. The highest BCUT2D eigenvalue weighted by molar-refractivity contribution is 7.90. The Bertz CT molecular complexity index is 875. The Balaban J connectivity index is 1.59. The number of rotatable bonds is 6. The molecule has 28 heavy (non-hydrogen) atoms. The normalized spacial score (nSPS) is 15.3. The van der Waals surface area contributed by atoms with E-state index in [0.717, 1.165) is 24.7 Å². The lowest BCUT2D eigenvalue weighted by molar-refractivity contribution is 0.321. The maximum absolute atomic E-state index is 11.5. The molecule has 0 spiro atoms. The van der Waals surface area contributed by atoms with Gasteiger partial charge in [0.05, 0.1) is 11.4 Å². The highest BCUT2D eigenvalue weighted by atomic mass is 32.2. The van der Waals surface area contributed by atoms with E-state index < -0.39 is 9.84 Å². The number of nitrogens with zero attached hydrogens (tertiary/aromatic N) is 2. The summed E-state index contributed by atoms with van der Waals surface area (Å²) < 4.78 is 28.7. The van der Waals surface area contributed by atoms with E-state index in [2.05, 4.69) is 10.2 Å². The number of anilines is 1. The highest BCUT2D eigenvalue weighted by Crippen LogP contribution is 2.16. The summed E-state index contributed by atoms with van der Waals surface area (Å²) in [4.78, 5) is 7.30. The van der Waals surface area contributed by atoms with Crippen LogP contribution in [0.3, 0.4) is 0 Å². The van der Waals surface area contributed by atoms with Crippen LogP contribution in [0.5, 0.6) is 5.75 Å². The van der Waals surface area contributed by atoms with Crippen LogP contribution in [0.2, 0.25) is 0 Å². The van der Waals surface area contributed by atoms with Crippen LogP contribution in [0.15, 0.2) is 64.5 Å². The molecule has 2 aromatic carbocycles. The van der Waals surface area contributed by atoms with Crippen molar-refractivity contribution in [1.29, 1.82) is 0 Å². The Morgan fingerprint density at radius 2 is 1.71 bits per heavy atom. The van der Waals surface area contributed by atoms with Gasteiger partial charge in [-0.15, -0.1) is 0 Å². The number of piperidine rings is 1. The zero-order valence-electron chi connectivity index (χ0n) is 16.2. The molecule has 1 aliphatic heterocycles. The summed E-state index contributed by atoms with van der Waals surface area (Å²) in [5.74, 6) is 1.51. The van der Waals surface area contributed by atoms with E-state index in [1.807, 2.05) is 30.3 Å². The van der Waals surface area contributed by atoms with Gasteiger partial charge in [-0.05, 0) is 55.7 Å². The molecule has 0 aliphatic carbocycles. The SMILES string of the molecule is CS(=O)(=O)c1ccc(OCCN=C(Nc2ccccc2)N2CCCCC2)cc1. The predicted octanol–water partition coefficient (Wildman–Crippen LogP) is 3.42. The lowest BCUT2D eigenvalue weighted by Crippen LogP contribution is -2.40. The molecule has 1 aliphatic rings. The van der Waals surface area contributed by atoms with Gasteiger partial charge < -0.3 is 15.0 Å². The molecule has 3 rings (SSSR count). The summed E-state index contributed by atoms with van der Waals surface area (Å²) in [5, 5.41) is 3.43. The molecule has 0 amide bonds. The molecule has 0 aromatic heterocycles. The molecule has 1 fully saturated rings. The first kappa shape index (κ1) is 20.2. The molecule has 0 saturated carbocycles. The van der Waals surface area contributed by atoms with E-state index in [9.17, 15) is 8.42 Å². The fourth-order valence-electron chi connectivity index (χ4n) is 3.07. The molecule has 0 unspecified atom stereocenters. The lowest BCUT2D eigenvalue weighted by atomic mass is 10.1. The number of para-hydroxylation sites is 1. The standard InChI is InChI=1S/C21H27N3O3S/c1-28(25,26)20-12-10-19(11-13-20)27-17-14-22-21(24-15-6-3-7-16-24)23-18-8-4-2-5-9-18/h2,4-5,8-13H,3,6-7,14-17H2,1H3,(H,22,23). The van der Waals surface area contributed by atoms with Gasteiger partial charge in [0.2, 0.25) is 0 Å². The number of likely N-dealkylation sites (tertiary alicyclic amines) is 1. The third-order valence-corrected chi connectivity index (χ3v) is 5.69. The maximum atomic E-state index is 11.5. The lowest BCUT2D eigenvalue weighted by Gasteiger charge is -2.30. The van der Waals surface area contributed by atoms with Crippen LogP contribution >= 0.6 is 0 Å². The number of nitrogens with one attached hydrogen (secondary N) is 1. The molecule has 0 atom stereocenters.